The molecule has 0 atom stereocenters. The number of para-hydroxylation sites is 2. The zero-order chi connectivity index (χ0) is 28.3. The highest BCUT2D eigenvalue weighted by atomic mass is 15.0. The van der Waals surface area contributed by atoms with Crippen LogP contribution in [0.5, 0.6) is 0 Å². The van der Waals surface area contributed by atoms with Gasteiger partial charge >= 0.3 is 0 Å². The van der Waals surface area contributed by atoms with E-state index >= 15 is 0 Å². The lowest BCUT2D eigenvalue weighted by Crippen LogP contribution is -1.95. The van der Waals surface area contributed by atoms with Crippen LogP contribution in [0.2, 0.25) is 0 Å². The van der Waals surface area contributed by atoms with E-state index in [1.54, 1.807) is 0 Å². The summed E-state index contributed by atoms with van der Waals surface area (Å²) >= 11 is 0. The van der Waals surface area contributed by atoms with Gasteiger partial charge < -0.3 is 0 Å². The fourth-order valence-corrected chi connectivity index (χ4v) is 6.35. The quantitative estimate of drug-likeness (QED) is 0.206. The minimum absolute atomic E-state index is 0.714. The highest BCUT2D eigenvalue weighted by Gasteiger charge is 2.15. The molecule has 0 unspecified atom stereocenters. The van der Waals surface area contributed by atoms with Crippen LogP contribution in [-0.2, 0) is 0 Å². The summed E-state index contributed by atoms with van der Waals surface area (Å²) in [7, 11) is 0. The van der Waals surface area contributed by atoms with Crippen molar-refractivity contribution in [1.29, 1.82) is 0 Å². The second-order valence-corrected chi connectivity index (χ2v) is 10.9. The van der Waals surface area contributed by atoms with Crippen LogP contribution >= 0.6 is 0 Å². The first-order valence-electron chi connectivity index (χ1n) is 14.5. The van der Waals surface area contributed by atoms with Crippen LogP contribution in [0.3, 0.4) is 0 Å². The average Bonchev–Trinajstić information content (AvgIpc) is 3.48. The molecule has 200 valence electrons. The van der Waals surface area contributed by atoms with Crippen LogP contribution in [0.15, 0.2) is 146 Å². The molecule has 0 amide bonds. The molecule has 0 fully saturated rings. The number of imidazole rings is 1. The molecule has 9 rings (SSSR count). The summed E-state index contributed by atoms with van der Waals surface area (Å²) in [6.07, 6.45) is 0. The van der Waals surface area contributed by atoms with Crippen LogP contribution in [0.1, 0.15) is 0 Å². The third-order valence-electron chi connectivity index (χ3n) is 8.36. The van der Waals surface area contributed by atoms with Crippen molar-refractivity contribution in [2.75, 3.05) is 0 Å². The van der Waals surface area contributed by atoms with Crippen molar-refractivity contribution in [2.24, 2.45) is 0 Å². The Hall–Kier alpha value is -5.87. The Labute approximate surface area is 247 Å². The Morgan fingerprint density at radius 1 is 0.372 bits per heavy atom. The van der Waals surface area contributed by atoms with Gasteiger partial charge in [-0.1, -0.05) is 115 Å². The van der Waals surface area contributed by atoms with E-state index in [0.717, 1.165) is 66.4 Å². The van der Waals surface area contributed by atoms with E-state index in [1.807, 2.05) is 30.3 Å². The molecule has 0 aliphatic rings. The highest BCUT2D eigenvalue weighted by molar-refractivity contribution is 6.13. The Morgan fingerprint density at radius 3 is 1.93 bits per heavy atom. The number of pyridine rings is 1. The van der Waals surface area contributed by atoms with E-state index in [0.29, 0.717) is 5.82 Å². The fourth-order valence-electron chi connectivity index (χ4n) is 6.35. The first-order chi connectivity index (χ1) is 21.3. The van der Waals surface area contributed by atoms with Crippen molar-refractivity contribution in [2.45, 2.75) is 0 Å². The number of hydrogen-bond donors (Lipinski definition) is 0. The van der Waals surface area contributed by atoms with Gasteiger partial charge in [0.2, 0.25) is 0 Å². The summed E-state index contributed by atoms with van der Waals surface area (Å²) in [5.74, 6) is 0.714. The first-order valence-corrected chi connectivity index (χ1v) is 14.5. The molecule has 43 heavy (non-hydrogen) atoms. The largest absolute Gasteiger partial charge is 0.292 e. The normalized spacial score (nSPS) is 11.7. The minimum atomic E-state index is 0.714. The van der Waals surface area contributed by atoms with Crippen molar-refractivity contribution >= 4 is 49.3 Å². The Balaban J connectivity index is 1.21. The molecule has 4 nitrogen and oxygen atoms in total. The molecule has 0 aliphatic carbocycles. The standard InChI is InChI=1S/C39H24N4/c1-2-11-25(12-3-1)37-32-18-6-8-19-33(32)40-38(42-37)28-14-10-13-26(23-28)27-21-22-36-34(24-27)41-39-31-17-5-4-15-29(31)30-16-7-9-20-35(30)43(36)39/h1-24H. The lowest BCUT2D eigenvalue weighted by Gasteiger charge is -2.10. The molecule has 3 aromatic heterocycles. The summed E-state index contributed by atoms with van der Waals surface area (Å²) in [6, 6.07) is 50.7. The predicted molar refractivity (Wildman–Crippen MR) is 177 cm³/mol. The van der Waals surface area contributed by atoms with Crippen LogP contribution in [0, 0.1) is 0 Å². The third-order valence-corrected chi connectivity index (χ3v) is 8.36. The predicted octanol–water partition coefficient (Wildman–Crippen LogP) is 9.74. The number of rotatable bonds is 3. The second-order valence-electron chi connectivity index (χ2n) is 10.9. The SMILES string of the molecule is c1ccc(-c2nc(-c3cccc(-c4ccc5c(c4)nc4c6ccccc6c6ccccc6n54)c3)nc3ccccc23)cc1. The third kappa shape index (κ3) is 3.74. The van der Waals surface area contributed by atoms with Gasteiger partial charge in [0.15, 0.2) is 5.82 Å². The molecule has 0 aliphatic heterocycles. The number of fused-ring (bicyclic) bond motifs is 9. The van der Waals surface area contributed by atoms with E-state index in [9.17, 15) is 0 Å². The summed E-state index contributed by atoms with van der Waals surface area (Å²) in [5, 5.41) is 4.65. The van der Waals surface area contributed by atoms with Gasteiger partial charge in [-0.25, -0.2) is 15.0 Å². The topological polar surface area (TPSA) is 43.1 Å². The monoisotopic (exact) mass is 548 g/mol. The maximum atomic E-state index is 5.18. The highest BCUT2D eigenvalue weighted by Crippen LogP contribution is 2.35. The molecule has 0 bridgehead atoms. The Kier molecular flexibility index (Phi) is 5.16. The van der Waals surface area contributed by atoms with Gasteiger partial charge in [-0.15, -0.1) is 0 Å². The van der Waals surface area contributed by atoms with Crippen LogP contribution in [-0.4, -0.2) is 19.4 Å². The number of nitrogens with zero attached hydrogens (tertiary/aromatic N) is 4. The molecule has 0 radical (unpaired) electrons. The van der Waals surface area contributed by atoms with Gasteiger partial charge in [-0.3, -0.25) is 4.40 Å². The van der Waals surface area contributed by atoms with Crippen molar-refractivity contribution < 1.29 is 0 Å². The molecule has 0 N–H and O–H groups in total. The summed E-state index contributed by atoms with van der Waals surface area (Å²) in [5.41, 5.74) is 10.4. The average molecular weight is 549 g/mol. The van der Waals surface area contributed by atoms with Crippen molar-refractivity contribution in [3.05, 3.63) is 146 Å². The van der Waals surface area contributed by atoms with E-state index < -0.39 is 0 Å². The molecule has 4 heteroatoms. The lowest BCUT2D eigenvalue weighted by atomic mass is 10.0. The number of benzene rings is 6. The molecule has 9 aromatic rings. The minimum Gasteiger partial charge on any atom is -0.292 e. The van der Waals surface area contributed by atoms with Crippen LogP contribution < -0.4 is 0 Å². The van der Waals surface area contributed by atoms with E-state index in [-0.39, 0.29) is 0 Å². The second kappa shape index (κ2) is 9.33. The molecule has 3 heterocycles. The molecule has 0 saturated heterocycles. The molecule has 6 aromatic carbocycles. The van der Waals surface area contributed by atoms with E-state index in [2.05, 4.69) is 120 Å². The van der Waals surface area contributed by atoms with Gasteiger partial charge in [0.25, 0.3) is 0 Å². The lowest BCUT2D eigenvalue weighted by molar-refractivity contribution is 1.23. The van der Waals surface area contributed by atoms with Gasteiger partial charge in [0.05, 0.1) is 27.8 Å². The zero-order valence-electron chi connectivity index (χ0n) is 23.1. The smallest absolute Gasteiger partial charge is 0.160 e. The van der Waals surface area contributed by atoms with Crippen LogP contribution in [0.4, 0.5) is 0 Å². The van der Waals surface area contributed by atoms with Gasteiger partial charge in [0, 0.05) is 27.3 Å². The Morgan fingerprint density at radius 2 is 1.05 bits per heavy atom. The molecular formula is C39H24N4. The summed E-state index contributed by atoms with van der Waals surface area (Å²) in [4.78, 5) is 15.2. The van der Waals surface area contributed by atoms with E-state index in [4.69, 9.17) is 15.0 Å². The van der Waals surface area contributed by atoms with Crippen molar-refractivity contribution in [3.8, 4) is 33.8 Å². The van der Waals surface area contributed by atoms with Crippen molar-refractivity contribution in [3.63, 3.8) is 0 Å². The Bertz CT molecular complexity index is 2510. The van der Waals surface area contributed by atoms with Gasteiger partial charge in [-0.05, 0) is 46.8 Å². The zero-order valence-corrected chi connectivity index (χ0v) is 23.1. The maximum absolute atomic E-state index is 5.18. The van der Waals surface area contributed by atoms with Crippen LogP contribution in [0.25, 0.3) is 83.0 Å². The molecule has 0 saturated carbocycles. The first kappa shape index (κ1) is 23.8. The number of hydrogen-bond acceptors (Lipinski definition) is 3. The fraction of sp³-hybridized carbons (Fsp3) is 0. The number of aromatic nitrogens is 4. The molecular weight excluding hydrogens is 524 g/mol. The van der Waals surface area contributed by atoms with Gasteiger partial charge in [-0.2, -0.15) is 0 Å². The van der Waals surface area contributed by atoms with Gasteiger partial charge in [0.1, 0.15) is 5.65 Å². The van der Waals surface area contributed by atoms with E-state index in [1.165, 1.54) is 10.8 Å². The summed E-state index contributed by atoms with van der Waals surface area (Å²) < 4.78 is 2.29. The van der Waals surface area contributed by atoms with Crippen molar-refractivity contribution in [1.82, 2.24) is 19.4 Å². The maximum Gasteiger partial charge on any atom is 0.160 e. The summed E-state index contributed by atoms with van der Waals surface area (Å²) in [6.45, 7) is 0. The molecule has 0 spiro atoms.